The molecule has 6 heteroatoms. The average Bonchev–Trinajstić information content (AvgIpc) is 3.02. The zero-order valence-electron chi connectivity index (χ0n) is 22.4. The number of carbonyl (C=O) groups is 2. The Balaban J connectivity index is 1.61. The van der Waals surface area contributed by atoms with Crippen LogP contribution in [-0.2, 0) is 14.3 Å². The number of esters is 1. The second kappa shape index (κ2) is 12.5. The zero-order chi connectivity index (χ0) is 24.5. The summed E-state index contributed by atoms with van der Waals surface area (Å²) in [5.41, 5.74) is -0.678. The molecule has 6 nitrogen and oxygen atoms in total. The molecular formula is C27H51N3O3. The molecule has 0 aromatic heterocycles. The Labute approximate surface area is 203 Å². The van der Waals surface area contributed by atoms with Crippen LogP contribution in [0.25, 0.3) is 0 Å². The lowest BCUT2D eigenvalue weighted by Gasteiger charge is -2.56. The third kappa shape index (κ3) is 7.95. The van der Waals surface area contributed by atoms with Gasteiger partial charge in [0.1, 0.15) is 5.54 Å². The SMILES string of the molecule is CCCCCCCCCCCCOC(=O)CCN1CNC2(CC(C)(C)N(C)C(C)(C)C2)C1=O. The summed E-state index contributed by atoms with van der Waals surface area (Å²) in [5.74, 6) is -0.0528. The molecule has 0 aliphatic carbocycles. The number of ether oxygens (including phenoxy) is 1. The third-order valence-corrected chi connectivity index (χ3v) is 7.94. The largest absolute Gasteiger partial charge is 0.466 e. The monoisotopic (exact) mass is 465 g/mol. The minimum Gasteiger partial charge on any atom is -0.466 e. The normalized spacial score (nSPS) is 21.6. The maximum atomic E-state index is 13.3. The number of carbonyl (C=O) groups excluding carboxylic acids is 2. The summed E-state index contributed by atoms with van der Waals surface area (Å²) in [6, 6.07) is 0. The Morgan fingerprint density at radius 3 is 1.97 bits per heavy atom. The molecule has 0 radical (unpaired) electrons. The van der Waals surface area contributed by atoms with E-state index in [1.807, 2.05) is 0 Å². The van der Waals surface area contributed by atoms with Gasteiger partial charge in [-0.15, -0.1) is 0 Å². The van der Waals surface area contributed by atoms with Crippen LogP contribution in [0.4, 0.5) is 0 Å². The summed E-state index contributed by atoms with van der Waals surface area (Å²) in [6.07, 6.45) is 14.5. The fourth-order valence-electron chi connectivity index (χ4n) is 5.82. The van der Waals surface area contributed by atoms with Gasteiger partial charge in [-0.1, -0.05) is 64.7 Å². The van der Waals surface area contributed by atoms with Crippen molar-refractivity contribution in [3.05, 3.63) is 0 Å². The summed E-state index contributed by atoms with van der Waals surface area (Å²) in [6.45, 7) is 12.5. The molecule has 0 unspecified atom stereocenters. The highest BCUT2D eigenvalue weighted by Crippen LogP contribution is 2.44. The number of hydrogen-bond donors (Lipinski definition) is 1. The van der Waals surface area contributed by atoms with Crippen LogP contribution in [0.1, 0.15) is 118 Å². The third-order valence-electron chi connectivity index (χ3n) is 7.94. The summed E-state index contributed by atoms with van der Waals surface area (Å²) in [7, 11) is 2.15. The molecule has 0 aromatic carbocycles. The lowest BCUT2D eigenvalue weighted by atomic mass is 9.69. The van der Waals surface area contributed by atoms with Gasteiger partial charge in [0.05, 0.1) is 19.7 Å². The van der Waals surface area contributed by atoms with Gasteiger partial charge in [-0.2, -0.15) is 0 Å². The van der Waals surface area contributed by atoms with Gasteiger partial charge in [-0.25, -0.2) is 0 Å². The van der Waals surface area contributed by atoms with Crippen molar-refractivity contribution in [3.63, 3.8) is 0 Å². The number of piperidine rings is 1. The molecule has 2 aliphatic heterocycles. The lowest BCUT2D eigenvalue weighted by molar-refractivity contribution is -0.145. The van der Waals surface area contributed by atoms with Crippen LogP contribution in [-0.4, -0.2) is 65.2 Å². The number of amides is 1. The number of nitrogens with one attached hydrogen (secondary N) is 1. The number of rotatable bonds is 14. The van der Waals surface area contributed by atoms with Crippen molar-refractivity contribution in [2.75, 3.05) is 26.9 Å². The minimum absolute atomic E-state index is 0.0750. The van der Waals surface area contributed by atoms with Crippen molar-refractivity contribution in [2.24, 2.45) is 0 Å². The molecule has 0 bridgehead atoms. The van der Waals surface area contributed by atoms with Gasteiger partial charge in [-0.3, -0.25) is 19.8 Å². The predicted molar refractivity (Wildman–Crippen MR) is 135 cm³/mol. The van der Waals surface area contributed by atoms with Crippen molar-refractivity contribution in [1.29, 1.82) is 0 Å². The molecule has 2 rings (SSSR count). The molecular weight excluding hydrogens is 414 g/mol. The molecule has 0 saturated carbocycles. The van der Waals surface area contributed by atoms with E-state index < -0.39 is 5.54 Å². The molecule has 192 valence electrons. The van der Waals surface area contributed by atoms with Crippen molar-refractivity contribution >= 4 is 11.9 Å². The van der Waals surface area contributed by atoms with Gasteiger partial charge < -0.3 is 9.64 Å². The van der Waals surface area contributed by atoms with E-state index in [1.54, 1.807) is 4.90 Å². The highest BCUT2D eigenvalue weighted by atomic mass is 16.5. The first-order valence-electron chi connectivity index (χ1n) is 13.5. The second-order valence-electron chi connectivity index (χ2n) is 11.7. The summed E-state index contributed by atoms with van der Waals surface area (Å²) in [4.78, 5) is 29.7. The second-order valence-corrected chi connectivity index (χ2v) is 11.7. The average molecular weight is 466 g/mol. The van der Waals surface area contributed by atoms with Gasteiger partial charge in [0, 0.05) is 17.6 Å². The molecule has 1 spiro atoms. The highest BCUT2D eigenvalue weighted by Gasteiger charge is 2.57. The molecule has 0 atom stereocenters. The maximum Gasteiger partial charge on any atom is 0.307 e. The molecule has 1 N–H and O–H groups in total. The minimum atomic E-state index is -0.528. The Kier molecular flexibility index (Phi) is 10.7. The van der Waals surface area contributed by atoms with Crippen LogP contribution in [0, 0.1) is 0 Å². The Bertz CT molecular complexity index is 614. The Hall–Kier alpha value is -1.14. The number of nitrogens with zero attached hydrogens (tertiary/aromatic N) is 2. The fraction of sp³-hybridized carbons (Fsp3) is 0.926. The van der Waals surface area contributed by atoms with Gasteiger partial charge in [-0.05, 0) is 54.0 Å². The van der Waals surface area contributed by atoms with Crippen LogP contribution in [0.3, 0.4) is 0 Å². The van der Waals surface area contributed by atoms with Crippen LogP contribution in [0.15, 0.2) is 0 Å². The molecule has 2 fully saturated rings. The van der Waals surface area contributed by atoms with E-state index in [9.17, 15) is 9.59 Å². The molecule has 2 aliphatic rings. The standard InChI is InChI=1S/C27H51N3O3/c1-7-8-9-10-11-12-13-14-15-16-19-33-23(31)17-18-30-22-28-27(24(30)32)20-25(2,3)29(6)26(4,5)21-27/h28H,7-22H2,1-6H3. The topological polar surface area (TPSA) is 61.9 Å². The van der Waals surface area contributed by atoms with Crippen molar-refractivity contribution in [1.82, 2.24) is 15.1 Å². The molecule has 33 heavy (non-hydrogen) atoms. The van der Waals surface area contributed by atoms with E-state index in [4.69, 9.17) is 4.74 Å². The van der Waals surface area contributed by atoms with E-state index in [1.165, 1.54) is 51.4 Å². The smallest absolute Gasteiger partial charge is 0.307 e. The molecule has 2 saturated heterocycles. The first-order chi connectivity index (χ1) is 15.5. The summed E-state index contributed by atoms with van der Waals surface area (Å²) in [5, 5.41) is 3.52. The van der Waals surface area contributed by atoms with E-state index >= 15 is 0 Å². The van der Waals surface area contributed by atoms with Crippen LogP contribution in [0.5, 0.6) is 0 Å². The number of likely N-dealkylation sites (tertiary alicyclic amines) is 1. The number of hydrogen-bond acceptors (Lipinski definition) is 5. The van der Waals surface area contributed by atoms with E-state index in [-0.39, 0.29) is 29.4 Å². The predicted octanol–water partition coefficient (Wildman–Crippen LogP) is 5.25. The van der Waals surface area contributed by atoms with Gasteiger partial charge in [0.25, 0.3) is 0 Å². The van der Waals surface area contributed by atoms with Gasteiger partial charge >= 0.3 is 5.97 Å². The van der Waals surface area contributed by atoms with Crippen molar-refractivity contribution < 1.29 is 14.3 Å². The zero-order valence-corrected chi connectivity index (χ0v) is 22.4. The van der Waals surface area contributed by atoms with Gasteiger partial charge in [0.2, 0.25) is 5.91 Å². The molecule has 0 aromatic rings. The van der Waals surface area contributed by atoms with Crippen LogP contribution in [0.2, 0.25) is 0 Å². The highest BCUT2D eigenvalue weighted by molar-refractivity contribution is 5.89. The Morgan fingerprint density at radius 1 is 0.909 bits per heavy atom. The lowest BCUT2D eigenvalue weighted by Crippen LogP contribution is -2.68. The Morgan fingerprint density at radius 2 is 1.42 bits per heavy atom. The maximum absolute atomic E-state index is 13.3. The summed E-state index contributed by atoms with van der Waals surface area (Å²) < 4.78 is 5.42. The first-order valence-corrected chi connectivity index (χ1v) is 13.5. The fourth-order valence-corrected chi connectivity index (χ4v) is 5.82. The van der Waals surface area contributed by atoms with E-state index in [0.29, 0.717) is 19.8 Å². The summed E-state index contributed by atoms with van der Waals surface area (Å²) >= 11 is 0. The van der Waals surface area contributed by atoms with E-state index in [0.717, 1.165) is 25.7 Å². The van der Waals surface area contributed by atoms with Gasteiger partial charge in [0.15, 0.2) is 0 Å². The molecule has 2 heterocycles. The van der Waals surface area contributed by atoms with Crippen molar-refractivity contribution in [3.8, 4) is 0 Å². The molecule has 1 amide bonds. The first kappa shape index (κ1) is 28.1. The van der Waals surface area contributed by atoms with Crippen LogP contribution < -0.4 is 5.32 Å². The van der Waals surface area contributed by atoms with E-state index in [2.05, 4.69) is 51.9 Å². The van der Waals surface area contributed by atoms with Crippen LogP contribution >= 0.6 is 0 Å². The quantitative estimate of drug-likeness (QED) is 0.280. The van der Waals surface area contributed by atoms with Crippen molar-refractivity contribution in [2.45, 2.75) is 135 Å². The number of unbranched alkanes of at least 4 members (excludes halogenated alkanes) is 9.